The molecular formula is C20H19N5S. The molecule has 130 valence electrons. The molecule has 5 nitrogen and oxygen atoms in total. The molecule has 4 rings (SSSR count). The molecule has 0 spiro atoms. The number of para-hydroxylation sites is 1. The zero-order valence-corrected chi connectivity index (χ0v) is 15.2. The standard InChI is InChI=1S/C20H19N5S/c1-2-15-10-12-16(13-11-15)19(18-9-6-14-26-18)21-20-22-23-24-25(20)17-7-4-3-5-8-17/h3-14,19H,2H2,1H3,(H,21,22,24)/t19-/m1/s1. The zero-order valence-electron chi connectivity index (χ0n) is 14.4. The average molecular weight is 361 g/mol. The van der Waals surface area contributed by atoms with Crippen LogP contribution in [0.1, 0.15) is 29.0 Å². The summed E-state index contributed by atoms with van der Waals surface area (Å²) in [4.78, 5) is 1.22. The van der Waals surface area contributed by atoms with Gasteiger partial charge in [0.05, 0.1) is 11.7 Å². The maximum atomic E-state index is 4.20. The summed E-state index contributed by atoms with van der Waals surface area (Å²) in [6.45, 7) is 2.16. The lowest BCUT2D eigenvalue weighted by atomic mass is 10.0. The predicted molar refractivity (Wildman–Crippen MR) is 105 cm³/mol. The number of aryl methyl sites for hydroxylation is 1. The highest BCUT2D eigenvalue weighted by molar-refractivity contribution is 7.10. The quantitative estimate of drug-likeness (QED) is 0.550. The number of tetrazole rings is 1. The monoisotopic (exact) mass is 361 g/mol. The van der Waals surface area contributed by atoms with Gasteiger partial charge in [-0.15, -0.1) is 11.3 Å². The molecule has 1 atom stereocenters. The summed E-state index contributed by atoms with van der Waals surface area (Å²) in [5.41, 5.74) is 3.44. The third-order valence-electron chi connectivity index (χ3n) is 4.29. The van der Waals surface area contributed by atoms with E-state index in [0.29, 0.717) is 5.95 Å². The van der Waals surface area contributed by atoms with E-state index in [9.17, 15) is 0 Å². The van der Waals surface area contributed by atoms with Crippen molar-refractivity contribution in [3.8, 4) is 5.69 Å². The van der Waals surface area contributed by atoms with Gasteiger partial charge in [0.1, 0.15) is 0 Å². The Morgan fingerprint density at radius 3 is 2.50 bits per heavy atom. The third kappa shape index (κ3) is 3.36. The number of rotatable bonds is 6. The van der Waals surface area contributed by atoms with Gasteiger partial charge in [-0.05, 0) is 51.6 Å². The lowest BCUT2D eigenvalue weighted by molar-refractivity contribution is 0.786. The summed E-state index contributed by atoms with van der Waals surface area (Å²) in [6, 6.07) is 22.8. The van der Waals surface area contributed by atoms with Crippen LogP contribution >= 0.6 is 11.3 Å². The van der Waals surface area contributed by atoms with Gasteiger partial charge in [0, 0.05) is 4.88 Å². The smallest absolute Gasteiger partial charge is 0.248 e. The van der Waals surface area contributed by atoms with Crippen LogP contribution in [-0.4, -0.2) is 20.2 Å². The van der Waals surface area contributed by atoms with E-state index < -0.39 is 0 Å². The van der Waals surface area contributed by atoms with Crippen molar-refractivity contribution in [3.05, 3.63) is 88.1 Å². The molecule has 0 aliphatic heterocycles. The minimum atomic E-state index is -0.00521. The summed E-state index contributed by atoms with van der Waals surface area (Å²) in [6.07, 6.45) is 1.03. The Hall–Kier alpha value is -2.99. The molecule has 0 fully saturated rings. The lowest BCUT2D eigenvalue weighted by Crippen LogP contribution is -2.15. The molecule has 0 saturated carbocycles. The van der Waals surface area contributed by atoms with E-state index in [-0.39, 0.29) is 6.04 Å². The van der Waals surface area contributed by atoms with Crippen LogP contribution in [-0.2, 0) is 6.42 Å². The molecule has 0 aliphatic rings. The average Bonchev–Trinajstić information content (AvgIpc) is 3.39. The molecule has 2 heterocycles. The van der Waals surface area contributed by atoms with Crippen LogP contribution in [0.4, 0.5) is 5.95 Å². The molecular weight excluding hydrogens is 342 g/mol. The minimum absolute atomic E-state index is 0.00521. The number of benzene rings is 2. The van der Waals surface area contributed by atoms with E-state index in [1.807, 2.05) is 30.3 Å². The lowest BCUT2D eigenvalue weighted by Gasteiger charge is -2.19. The Bertz CT molecular complexity index is 946. The van der Waals surface area contributed by atoms with Gasteiger partial charge >= 0.3 is 0 Å². The summed E-state index contributed by atoms with van der Waals surface area (Å²) in [5.74, 6) is 0.620. The summed E-state index contributed by atoms with van der Waals surface area (Å²) in [7, 11) is 0. The first kappa shape index (κ1) is 16.5. The molecule has 0 bridgehead atoms. The van der Waals surface area contributed by atoms with Crippen molar-refractivity contribution in [3.63, 3.8) is 0 Å². The van der Waals surface area contributed by atoms with Gasteiger partial charge in [0.15, 0.2) is 0 Å². The maximum absolute atomic E-state index is 4.20. The topological polar surface area (TPSA) is 55.6 Å². The zero-order chi connectivity index (χ0) is 17.8. The van der Waals surface area contributed by atoms with Crippen molar-refractivity contribution in [2.75, 3.05) is 5.32 Å². The van der Waals surface area contributed by atoms with Crippen molar-refractivity contribution in [1.82, 2.24) is 20.2 Å². The molecule has 0 unspecified atom stereocenters. The van der Waals surface area contributed by atoms with E-state index >= 15 is 0 Å². The molecule has 0 aliphatic carbocycles. The van der Waals surface area contributed by atoms with Gasteiger partial charge in [-0.25, -0.2) is 0 Å². The molecule has 4 aromatic rings. The highest BCUT2D eigenvalue weighted by atomic mass is 32.1. The predicted octanol–water partition coefficient (Wildman–Crippen LogP) is 4.49. The Labute approximate surface area is 156 Å². The molecule has 0 radical (unpaired) electrons. The normalized spacial score (nSPS) is 12.0. The Morgan fingerprint density at radius 1 is 1.00 bits per heavy atom. The van der Waals surface area contributed by atoms with Crippen LogP contribution in [0, 0.1) is 0 Å². The second-order valence-corrected chi connectivity index (χ2v) is 6.92. The second-order valence-electron chi connectivity index (χ2n) is 5.94. The van der Waals surface area contributed by atoms with Crippen LogP contribution in [0.2, 0.25) is 0 Å². The first-order valence-corrected chi connectivity index (χ1v) is 9.45. The van der Waals surface area contributed by atoms with E-state index in [4.69, 9.17) is 0 Å². The Kier molecular flexibility index (Phi) is 4.75. The molecule has 0 saturated heterocycles. The van der Waals surface area contributed by atoms with Gasteiger partial charge in [-0.2, -0.15) is 4.68 Å². The van der Waals surface area contributed by atoms with E-state index in [1.54, 1.807) is 16.0 Å². The molecule has 2 aromatic heterocycles. The van der Waals surface area contributed by atoms with Gasteiger partial charge in [-0.3, -0.25) is 0 Å². The SMILES string of the molecule is CCc1ccc([C@@H](Nc2nnnn2-c2ccccc2)c2cccs2)cc1. The fraction of sp³-hybridized carbons (Fsp3) is 0.150. The van der Waals surface area contributed by atoms with Crippen LogP contribution in [0.25, 0.3) is 5.69 Å². The van der Waals surface area contributed by atoms with Gasteiger partial charge in [-0.1, -0.05) is 60.6 Å². The van der Waals surface area contributed by atoms with Crippen molar-refractivity contribution in [2.24, 2.45) is 0 Å². The van der Waals surface area contributed by atoms with Crippen LogP contribution < -0.4 is 5.32 Å². The van der Waals surface area contributed by atoms with Gasteiger partial charge < -0.3 is 5.32 Å². The number of nitrogens with one attached hydrogen (secondary N) is 1. The van der Waals surface area contributed by atoms with Crippen molar-refractivity contribution < 1.29 is 0 Å². The number of aromatic nitrogens is 4. The maximum Gasteiger partial charge on any atom is 0.248 e. The number of hydrogen-bond donors (Lipinski definition) is 1. The third-order valence-corrected chi connectivity index (χ3v) is 5.23. The molecule has 26 heavy (non-hydrogen) atoms. The van der Waals surface area contributed by atoms with Crippen LogP contribution in [0.3, 0.4) is 0 Å². The van der Waals surface area contributed by atoms with Crippen molar-refractivity contribution >= 4 is 17.3 Å². The summed E-state index contributed by atoms with van der Waals surface area (Å²) in [5, 5.41) is 17.8. The van der Waals surface area contributed by atoms with Crippen molar-refractivity contribution in [2.45, 2.75) is 19.4 Å². The fourth-order valence-electron chi connectivity index (χ4n) is 2.87. The van der Waals surface area contributed by atoms with E-state index in [0.717, 1.165) is 12.1 Å². The number of thiophene rings is 1. The number of anilines is 1. The van der Waals surface area contributed by atoms with Gasteiger partial charge in [0.2, 0.25) is 5.95 Å². The minimum Gasteiger partial charge on any atom is -0.341 e. The first-order valence-electron chi connectivity index (χ1n) is 8.57. The van der Waals surface area contributed by atoms with Crippen LogP contribution in [0.15, 0.2) is 72.1 Å². The molecule has 0 amide bonds. The highest BCUT2D eigenvalue weighted by Crippen LogP contribution is 2.30. The second kappa shape index (κ2) is 7.49. The molecule has 1 N–H and O–H groups in total. The summed E-state index contributed by atoms with van der Waals surface area (Å²) >= 11 is 1.72. The van der Waals surface area contributed by atoms with Crippen LogP contribution in [0.5, 0.6) is 0 Å². The van der Waals surface area contributed by atoms with E-state index in [2.05, 4.69) is 69.5 Å². The Balaban J connectivity index is 1.69. The number of hydrogen-bond acceptors (Lipinski definition) is 5. The Morgan fingerprint density at radius 2 is 1.81 bits per heavy atom. The summed E-state index contributed by atoms with van der Waals surface area (Å²) < 4.78 is 1.72. The molecule has 6 heteroatoms. The van der Waals surface area contributed by atoms with Crippen molar-refractivity contribution in [1.29, 1.82) is 0 Å². The van der Waals surface area contributed by atoms with Gasteiger partial charge in [0.25, 0.3) is 0 Å². The van der Waals surface area contributed by atoms with E-state index in [1.165, 1.54) is 16.0 Å². The fourth-order valence-corrected chi connectivity index (χ4v) is 3.67. The number of nitrogens with zero attached hydrogens (tertiary/aromatic N) is 4. The highest BCUT2D eigenvalue weighted by Gasteiger charge is 2.19. The largest absolute Gasteiger partial charge is 0.341 e. The first-order chi connectivity index (χ1) is 12.8. The molecule has 2 aromatic carbocycles.